The fourth-order valence-corrected chi connectivity index (χ4v) is 3.68. The van der Waals surface area contributed by atoms with E-state index in [1.807, 2.05) is 41.0 Å². The highest BCUT2D eigenvalue weighted by Crippen LogP contribution is 2.26. The summed E-state index contributed by atoms with van der Waals surface area (Å²) in [5, 5.41) is 12.6. The van der Waals surface area contributed by atoms with E-state index in [1.165, 1.54) is 11.8 Å². The van der Waals surface area contributed by atoms with Crippen molar-refractivity contribution in [3.8, 4) is 17.1 Å². The van der Waals surface area contributed by atoms with E-state index in [-0.39, 0.29) is 11.7 Å². The molecule has 0 aliphatic heterocycles. The number of hydrogen-bond acceptors (Lipinski definition) is 5. The second-order valence-electron chi connectivity index (χ2n) is 7.25. The average Bonchev–Trinajstić information content (AvgIpc) is 3.15. The van der Waals surface area contributed by atoms with Gasteiger partial charge in [0.15, 0.2) is 11.0 Å². The predicted molar refractivity (Wildman–Crippen MR) is 127 cm³/mol. The molecular weight excluding hydrogens is 432 g/mol. The molecule has 1 N–H and O–H groups in total. The summed E-state index contributed by atoms with van der Waals surface area (Å²) in [5.41, 5.74) is 1.50. The standard InChI is InChI=1S/C23H25ClN4O2S/c1-4-13-28-22(17-9-11-18(12-10-17)30-14-16(2)3)26-27-23(28)31-15-21(29)25-20-8-6-5-7-19(20)24/h4-12,16H,1,13-15H2,2-3H3,(H,25,29). The Hall–Kier alpha value is -2.77. The molecule has 0 bridgehead atoms. The summed E-state index contributed by atoms with van der Waals surface area (Å²) in [5.74, 6) is 2.01. The number of carbonyl (C=O) groups excluding carboxylic acids is 1. The lowest BCUT2D eigenvalue weighted by atomic mass is 10.2. The predicted octanol–water partition coefficient (Wildman–Crippen LogP) is 5.55. The maximum Gasteiger partial charge on any atom is 0.234 e. The molecule has 1 heterocycles. The molecular formula is C23H25ClN4O2S. The van der Waals surface area contributed by atoms with E-state index < -0.39 is 0 Å². The van der Waals surface area contributed by atoms with E-state index in [0.29, 0.717) is 40.8 Å². The minimum absolute atomic E-state index is 0.167. The zero-order valence-electron chi connectivity index (χ0n) is 17.5. The highest BCUT2D eigenvalue weighted by atomic mass is 35.5. The monoisotopic (exact) mass is 456 g/mol. The van der Waals surface area contributed by atoms with E-state index in [0.717, 1.165) is 11.3 Å². The molecule has 1 amide bonds. The molecule has 0 atom stereocenters. The normalized spacial score (nSPS) is 10.8. The number of carbonyl (C=O) groups is 1. The molecule has 0 saturated heterocycles. The minimum atomic E-state index is -0.167. The van der Waals surface area contributed by atoms with Crippen LogP contribution in [0.3, 0.4) is 0 Å². The van der Waals surface area contributed by atoms with Crippen molar-refractivity contribution < 1.29 is 9.53 Å². The van der Waals surface area contributed by atoms with Gasteiger partial charge in [0.2, 0.25) is 5.91 Å². The van der Waals surface area contributed by atoms with Crippen molar-refractivity contribution in [2.75, 3.05) is 17.7 Å². The van der Waals surface area contributed by atoms with Gasteiger partial charge in [-0.2, -0.15) is 0 Å². The number of rotatable bonds is 10. The number of thioether (sulfide) groups is 1. The molecule has 6 nitrogen and oxygen atoms in total. The molecule has 0 radical (unpaired) electrons. The van der Waals surface area contributed by atoms with Gasteiger partial charge in [0.05, 0.1) is 23.1 Å². The molecule has 3 aromatic rings. The number of anilines is 1. The van der Waals surface area contributed by atoms with E-state index in [4.69, 9.17) is 16.3 Å². The number of aromatic nitrogens is 3. The van der Waals surface area contributed by atoms with Crippen molar-refractivity contribution in [2.24, 2.45) is 5.92 Å². The molecule has 0 fully saturated rings. The average molecular weight is 457 g/mol. The summed E-state index contributed by atoms with van der Waals surface area (Å²) >= 11 is 7.41. The third kappa shape index (κ3) is 6.35. The zero-order chi connectivity index (χ0) is 22.2. The molecule has 3 rings (SSSR count). The van der Waals surface area contributed by atoms with Gasteiger partial charge < -0.3 is 10.1 Å². The van der Waals surface area contributed by atoms with Crippen molar-refractivity contribution in [1.29, 1.82) is 0 Å². The Labute approximate surface area is 191 Å². The van der Waals surface area contributed by atoms with Crippen molar-refractivity contribution in [1.82, 2.24) is 14.8 Å². The van der Waals surface area contributed by atoms with Gasteiger partial charge in [-0.05, 0) is 42.3 Å². The van der Waals surface area contributed by atoms with Gasteiger partial charge in [-0.3, -0.25) is 9.36 Å². The van der Waals surface area contributed by atoms with Crippen LogP contribution in [0, 0.1) is 5.92 Å². The SMILES string of the molecule is C=CCn1c(SCC(=O)Nc2ccccc2Cl)nnc1-c1ccc(OCC(C)C)cc1. The van der Waals surface area contributed by atoms with Crippen LogP contribution in [0.1, 0.15) is 13.8 Å². The van der Waals surface area contributed by atoms with E-state index in [9.17, 15) is 4.79 Å². The van der Waals surface area contributed by atoms with Gasteiger partial charge in [0.25, 0.3) is 0 Å². The zero-order valence-corrected chi connectivity index (χ0v) is 19.1. The van der Waals surface area contributed by atoms with Crippen LogP contribution < -0.4 is 10.1 Å². The highest BCUT2D eigenvalue weighted by Gasteiger charge is 2.15. The lowest BCUT2D eigenvalue weighted by Crippen LogP contribution is -2.15. The van der Waals surface area contributed by atoms with Crippen molar-refractivity contribution >= 4 is 35.0 Å². The Kier molecular flexibility index (Phi) is 8.14. The molecule has 0 aliphatic carbocycles. The first kappa shape index (κ1) is 22.9. The van der Waals surface area contributed by atoms with Crippen LogP contribution in [0.15, 0.2) is 66.3 Å². The third-order valence-electron chi connectivity index (χ3n) is 4.20. The van der Waals surface area contributed by atoms with Crippen LogP contribution in [0.5, 0.6) is 5.75 Å². The van der Waals surface area contributed by atoms with Crippen LogP contribution in [0.2, 0.25) is 5.02 Å². The molecule has 162 valence electrons. The largest absolute Gasteiger partial charge is 0.493 e. The van der Waals surface area contributed by atoms with Crippen LogP contribution in [0.4, 0.5) is 5.69 Å². The lowest BCUT2D eigenvalue weighted by Gasteiger charge is -2.10. The first-order valence-corrected chi connectivity index (χ1v) is 11.3. The van der Waals surface area contributed by atoms with Gasteiger partial charge in [0.1, 0.15) is 5.75 Å². The Bertz CT molecular complexity index is 1030. The van der Waals surface area contributed by atoms with E-state index in [2.05, 4.69) is 35.9 Å². The number of hydrogen-bond donors (Lipinski definition) is 1. The molecule has 0 unspecified atom stereocenters. The van der Waals surface area contributed by atoms with Crippen molar-refractivity contribution in [2.45, 2.75) is 25.5 Å². The quantitative estimate of drug-likeness (QED) is 0.320. The number of nitrogens with zero attached hydrogens (tertiary/aromatic N) is 3. The summed E-state index contributed by atoms with van der Waals surface area (Å²) in [4.78, 5) is 12.3. The number of amides is 1. The molecule has 0 spiro atoms. The number of allylic oxidation sites excluding steroid dienone is 1. The molecule has 31 heavy (non-hydrogen) atoms. The fourth-order valence-electron chi connectivity index (χ4n) is 2.74. The van der Waals surface area contributed by atoms with Gasteiger partial charge in [-0.15, -0.1) is 16.8 Å². The summed E-state index contributed by atoms with van der Waals surface area (Å²) in [6.07, 6.45) is 1.78. The smallest absolute Gasteiger partial charge is 0.234 e. The van der Waals surface area contributed by atoms with Gasteiger partial charge in [-0.1, -0.05) is 55.4 Å². The molecule has 0 saturated carbocycles. The molecule has 8 heteroatoms. The van der Waals surface area contributed by atoms with Crippen molar-refractivity contribution in [3.63, 3.8) is 0 Å². The molecule has 0 aliphatic rings. The fraction of sp³-hybridized carbons (Fsp3) is 0.261. The summed E-state index contributed by atoms with van der Waals surface area (Å²) in [6.45, 7) is 9.25. The lowest BCUT2D eigenvalue weighted by molar-refractivity contribution is -0.113. The Balaban J connectivity index is 1.69. The minimum Gasteiger partial charge on any atom is -0.493 e. The Morgan fingerprint density at radius 3 is 2.65 bits per heavy atom. The number of para-hydroxylation sites is 1. The summed E-state index contributed by atoms with van der Waals surface area (Å²) < 4.78 is 7.68. The van der Waals surface area contributed by atoms with Crippen molar-refractivity contribution in [3.05, 3.63) is 66.2 Å². The second-order valence-corrected chi connectivity index (χ2v) is 8.60. The second kappa shape index (κ2) is 11.0. The summed E-state index contributed by atoms with van der Waals surface area (Å²) in [7, 11) is 0. The van der Waals surface area contributed by atoms with Gasteiger partial charge in [-0.25, -0.2) is 0 Å². The third-order valence-corrected chi connectivity index (χ3v) is 5.50. The first-order valence-electron chi connectivity index (χ1n) is 9.92. The Morgan fingerprint density at radius 2 is 1.97 bits per heavy atom. The summed E-state index contributed by atoms with van der Waals surface area (Å²) in [6, 6.07) is 14.9. The molecule has 2 aromatic carbocycles. The Morgan fingerprint density at radius 1 is 1.23 bits per heavy atom. The molecule has 1 aromatic heterocycles. The highest BCUT2D eigenvalue weighted by molar-refractivity contribution is 7.99. The number of halogens is 1. The number of nitrogens with one attached hydrogen (secondary N) is 1. The number of benzene rings is 2. The van der Waals surface area contributed by atoms with Crippen LogP contribution in [-0.2, 0) is 11.3 Å². The first-order chi connectivity index (χ1) is 15.0. The van der Waals surface area contributed by atoms with E-state index in [1.54, 1.807) is 18.2 Å². The topological polar surface area (TPSA) is 69.0 Å². The van der Waals surface area contributed by atoms with E-state index >= 15 is 0 Å². The number of ether oxygens (including phenoxy) is 1. The maximum atomic E-state index is 12.3. The maximum absolute atomic E-state index is 12.3. The van der Waals surface area contributed by atoms with Crippen LogP contribution >= 0.6 is 23.4 Å². The van der Waals surface area contributed by atoms with Gasteiger partial charge >= 0.3 is 0 Å². The van der Waals surface area contributed by atoms with Crippen LogP contribution in [0.25, 0.3) is 11.4 Å². The van der Waals surface area contributed by atoms with Gasteiger partial charge in [0, 0.05) is 12.1 Å². The van der Waals surface area contributed by atoms with Crippen LogP contribution in [-0.4, -0.2) is 33.0 Å².